The number of Topliss-reactive ketones (excluding diaryl/α,β-unsaturated/α-hetero) is 1. The maximum absolute atomic E-state index is 11.3. The van der Waals surface area contributed by atoms with E-state index < -0.39 is 24.5 Å². The van der Waals surface area contributed by atoms with Crippen molar-refractivity contribution in [2.75, 3.05) is 6.61 Å². The van der Waals surface area contributed by atoms with Crippen molar-refractivity contribution in [3.8, 4) is 0 Å². The van der Waals surface area contributed by atoms with Gasteiger partial charge < -0.3 is 25.0 Å². The molecule has 0 bridgehead atoms. The number of ketones is 1. The molecule has 2 aliphatic rings. The molecule has 0 unspecified atom stereocenters. The molecule has 100 valence electrons. The fourth-order valence-electron chi connectivity index (χ4n) is 2.10. The molecule has 3 N–H and O–H groups in total. The van der Waals surface area contributed by atoms with Crippen LogP contribution in [0.3, 0.4) is 0 Å². The van der Waals surface area contributed by atoms with E-state index in [0.29, 0.717) is 12.0 Å². The molecule has 0 aromatic carbocycles. The van der Waals surface area contributed by atoms with Crippen molar-refractivity contribution in [3.63, 3.8) is 0 Å². The van der Waals surface area contributed by atoms with Gasteiger partial charge in [-0.2, -0.15) is 0 Å². The molecule has 1 saturated heterocycles. The Morgan fingerprint density at radius 1 is 1.50 bits per heavy atom. The van der Waals surface area contributed by atoms with Crippen LogP contribution in [0.5, 0.6) is 0 Å². The Labute approximate surface area is 105 Å². The topological polar surface area (TPSA) is 90.2 Å². The first-order valence-electron chi connectivity index (χ1n) is 5.82. The van der Waals surface area contributed by atoms with Gasteiger partial charge in [-0.05, 0) is 13.3 Å². The van der Waals surface area contributed by atoms with Crippen LogP contribution in [-0.2, 0) is 9.53 Å². The van der Waals surface area contributed by atoms with E-state index in [1.807, 2.05) is 0 Å². The molecule has 2 aliphatic heterocycles. The Hall–Kier alpha value is -1.21. The lowest BCUT2D eigenvalue weighted by Gasteiger charge is -2.28. The van der Waals surface area contributed by atoms with E-state index in [9.17, 15) is 15.0 Å². The SMILES string of the molecule is CC(=O)C1=CN([C@@H]2O[C@H](CO)[C@@H](O)[C@H]2O)C=CC1. The average molecular weight is 255 g/mol. The summed E-state index contributed by atoms with van der Waals surface area (Å²) in [5, 5.41) is 28.5. The van der Waals surface area contributed by atoms with E-state index in [1.165, 1.54) is 6.92 Å². The van der Waals surface area contributed by atoms with Crippen molar-refractivity contribution in [2.24, 2.45) is 0 Å². The minimum absolute atomic E-state index is 0.0453. The summed E-state index contributed by atoms with van der Waals surface area (Å²) < 4.78 is 5.37. The van der Waals surface area contributed by atoms with Gasteiger partial charge in [0, 0.05) is 18.0 Å². The van der Waals surface area contributed by atoms with Crippen LogP contribution in [0, 0.1) is 0 Å². The van der Waals surface area contributed by atoms with Gasteiger partial charge in [-0.25, -0.2) is 0 Å². The molecule has 18 heavy (non-hydrogen) atoms. The quantitative estimate of drug-likeness (QED) is 0.606. The molecule has 4 atom stereocenters. The summed E-state index contributed by atoms with van der Waals surface area (Å²) in [4.78, 5) is 12.8. The number of nitrogens with zero attached hydrogens (tertiary/aromatic N) is 1. The van der Waals surface area contributed by atoms with Crippen molar-refractivity contribution in [1.82, 2.24) is 4.90 Å². The molecule has 2 heterocycles. The highest BCUT2D eigenvalue weighted by atomic mass is 16.6. The summed E-state index contributed by atoms with van der Waals surface area (Å²) in [6.07, 6.45) is 1.75. The number of aliphatic hydroxyl groups is 3. The standard InChI is InChI=1S/C12H17NO5/c1-7(15)8-3-2-4-13(5-8)12-11(17)10(16)9(6-14)18-12/h2,4-5,9-12,14,16-17H,3,6H2,1H3/t9-,10-,11-,12-/m1/s1. The maximum Gasteiger partial charge on any atom is 0.162 e. The van der Waals surface area contributed by atoms with E-state index in [0.717, 1.165) is 0 Å². The molecule has 6 nitrogen and oxygen atoms in total. The van der Waals surface area contributed by atoms with Gasteiger partial charge in [0.2, 0.25) is 0 Å². The fraction of sp³-hybridized carbons (Fsp3) is 0.583. The molecule has 0 saturated carbocycles. The van der Waals surface area contributed by atoms with Gasteiger partial charge in [0.05, 0.1) is 6.61 Å². The lowest BCUT2D eigenvalue weighted by Crippen LogP contribution is -2.40. The van der Waals surface area contributed by atoms with Crippen LogP contribution in [0.1, 0.15) is 13.3 Å². The molecule has 0 radical (unpaired) electrons. The Bertz CT molecular complexity index is 392. The third kappa shape index (κ3) is 2.32. The zero-order valence-corrected chi connectivity index (χ0v) is 10.1. The largest absolute Gasteiger partial charge is 0.394 e. The van der Waals surface area contributed by atoms with E-state index in [2.05, 4.69) is 0 Å². The summed E-state index contributed by atoms with van der Waals surface area (Å²) in [5.41, 5.74) is 0.607. The molecule has 0 amide bonds. The first kappa shape index (κ1) is 13.2. The second-order valence-corrected chi connectivity index (χ2v) is 4.48. The van der Waals surface area contributed by atoms with Gasteiger partial charge >= 0.3 is 0 Å². The Balaban J connectivity index is 2.15. The molecule has 1 fully saturated rings. The summed E-state index contributed by atoms with van der Waals surface area (Å²) in [6, 6.07) is 0. The van der Waals surface area contributed by atoms with Crippen molar-refractivity contribution in [1.29, 1.82) is 0 Å². The monoisotopic (exact) mass is 255 g/mol. The molecular weight excluding hydrogens is 238 g/mol. The van der Waals surface area contributed by atoms with Crippen LogP contribution in [-0.4, -0.2) is 57.1 Å². The number of carbonyl (C=O) groups excluding carboxylic acids is 1. The Morgan fingerprint density at radius 2 is 2.22 bits per heavy atom. The van der Waals surface area contributed by atoms with Gasteiger partial charge in [0.25, 0.3) is 0 Å². The highest BCUT2D eigenvalue weighted by molar-refractivity contribution is 5.93. The predicted octanol–water partition coefficient (Wildman–Crippen LogP) is -0.882. The highest BCUT2D eigenvalue weighted by Crippen LogP contribution is 2.27. The molecule has 0 spiro atoms. The van der Waals surface area contributed by atoms with Gasteiger partial charge in [-0.15, -0.1) is 0 Å². The highest BCUT2D eigenvalue weighted by Gasteiger charge is 2.44. The molecule has 0 aliphatic carbocycles. The number of aliphatic hydroxyl groups excluding tert-OH is 3. The number of hydrogen-bond acceptors (Lipinski definition) is 6. The van der Waals surface area contributed by atoms with Gasteiger partial charge in [0.1, 0.15) is 18.3 Å². The zero-order chi connectivity index (χ0) is 13.3. The minimum atomic E-state index is -1.13. The number of allylic oxidation sites excluding steroid dienone is 2. The maximum atomic E-state index is 11.3. The zero-order valence-electron chi connectivity index (χ0n) is 10.1. The van der Waals surface area contributed by atoms with Gasteiger partial charge in [-0.1, -0.05) is 6.08 Å². The fourth-order valence-corrected chi connectivity index (χ4v) is 2.10. The van der Waals surface area contributed by atoms with Gasteiger partial charge in [0.15, 0.2) is 12.0 Å². The molecule has 2 rings (SSSR count). The van der Waals surface area contributed by atoms with E-state index in [1.54, 1.807) is 23.4 Å². The molecular formula is C12H17NO5. The number of rotatable bonds is 3. The van der Waals surface area contributed by atoms with Crippen molar-refractivity contribution in [2.45, 2.75) is 37.9 Å². The van der Waals surface area contributed by atoms with Crippen molar-refractivity contribution < 1.29 is 24.9 Å². The smallest absolute Gasteiger partial charge is 0.162 e. The normalized spacial score (nSPS) is 35.8. The average Bonchev–Trinajstić information content (AvgIpc) is 2.66. The van der Waals surface area contributed by atoms with Crippen LogP contribution in [0.4, 0.5) is 0 Å². The number of carbonyl (C=O) groups is 1. The van der Waals surface area contributed by atoms with Crippen molar-refractivity contribution >= 4 is 5.78 Å². The second-order valence-electron chi connectivity index (χ2n) is 4.48. The first-order valence-corrected chi connectivity index (χ1v) is 5.82. The summed E-state index contributed by atoms with van der Waals surface area (Å²) in [6.45, 7) is 1.11. The predicted molar refractivity (Wildman–Crippen MR) is 62.1 cm³/mol. The van der Waals surface area contributed by atoms with Crippen LogP contribution in [0.15, 0.2) is 24.0 Å². The summed E-state index contributed by atoms with van der Waals surface area (Å²) in [5.74, 6) is -0.0453. The summed E-state index contributed by atoms with van der Waals surface area (Å²) >= 11 is 0. The van der Waals surface area contributed by atoms with Crippen molar-refractivity contribution in [3.05, 3.63) is 24.0 Å². The van der Waals surface area contributed by atoms with Crippen LogP contribution in [0.25, 0.3) is 0 Å². The molecule has 0 aromatic heterocycles. The number of ether oxygens (including phenoxy) is 1. The molecule has 0 aromatic rings. The van der Waals surface area contributed by atoms with E-state index in [4.69, 9.17) is 9.84 Å². The number of hydrogen-bond donors (Lipinski definition) is 3. The van der Waals surface area contributed by atoms with E-state index >= 15 is 0 Å². The first-order chi connectivity index (χ1) is 8.54. The van der Waals surface area contributed by atoms with Crippen LogP contribution >= 0.6 is 0 Å². The van der Waals surface area contributed by atoms with E-state index in [-0.39, 0.29) is 12.4 Å². The summed E-state index contributed by atoms with van der Waals surface area (Å²) in [7, 11) is 0. The van der Waals surface area contributed by atoms with Crippen LogP contribution < -0.4 is 0 Å². The lowest BCUT2D eigenvalue weighted by molar-refractivity contribution is -0.114. The second kappa shape index (κ2) is 5.19. The lowest BCUT2D eigenvalue weighted by atomic mass is 10.1. The minimum Gasteiger partial charge on any atom is -0.394 e. The third-order valence-corrected chi connectivity index (χ3v) is 3.18. The van der Waals surface area contributed by atoms with Crippen LogP contribution in [0.2, 0.25) is 0 Å². The Morgan fingerprint density at radius 3 is 2.78 bits per heavy atom. The Kier molecular flexibility index (Phi) is 3.82. The third-order valence-electron chi connectivity index (χ3n) is 3.18. The molecule has 6 heteroatoms. The van der Waals surface area contributed by atoms with Gasteiger partial charge in [-0.3, -0.25) is 4.79 Å².